The summed E-state index contributed by atoms with van der Waals surface area (Å²) in [4.78, 5) is 17.2. The third kappa shape index (κ3) is 4.21. The largest absolute Gasteiger partial charge is 0.441 e. The van der Waals surface area contributed by atoms with Gasteiger partial charge < -0.3 is 10.1 Å². The second-order valence-corrected chi connectivity index (χ2v) is 6.79. The van der Waals surface area contributed by atoms with Gasteiger partial charge in [-0.1, -0.05) is 23.7 Å². The average molecular weight is 339 g/mol. The summed E-state index contributed by atoms with van der Waals surface area (Å²) in [7, 11) is 0. The Morgan fingerprint density at radius 2 is 1.91 bits per heavy atom. The Morgan fingerprint density at radius 1 is 1.27 bits per heavy atom. The number of carbonyl (C=O) groups is 1. The molecule has 0 aliphatic rings. The van der Waals surface area contributed by atoms with Crippen LogP contribution in [0.5, 0.6) is 0 Å². The fourth-order valence-corrected chi connectivity index (χ4v) is 3.16. The van der Waals surface area contributed by atoms with Crippen molar-refractivity contribution in [1.82, 2.24) is 10.3 Å². The van der Waals surface area contributed by atoms with Crippen molar-refractivity contribution in [1.29, 1.82) is 0 Å². The van der Waals surface area contributed by atoms with Gasteiger partial charge in [-0.2, -0.15) is 0 Å². The molecular weight excluding hydrogens is 320 g/mol. The number of nitrogens with one attached hydrogen (secondary N) is 1. The molecule has 1 aromatic carbocycles. The van der Waals surface area contributed by atoms with Gasteiger partial charge >= 0.3 is 6.09 Å². The number of halogens is 1. The zero-order chi connectivity index (χ0) is 16.3. The average Bonchev–Trinajstić information content (AvgIpc) is 2.80. The van der Waals surface area contributed by atoms with E-state index in [1.54, 1.807) is 0 Å². The minimum atomic E-state index is -0.414. The molecule has 2 aromatic rings. The molecule has 1 amide bonds. The number of aryl methyl sites for hydroxylation is 1. The van der Waals surface area contributed by atoms with E-state index in [9.17, 15) is 4.79 Å². The lowest BCUT2D eigenvalue weighted by molar-refractivity contribution is 0.106. The number of carbonyl (C=O) groups excluding carboxylic acids is 1. The maximum absolute atomic E-state index is 11.7. The first-order valence-corrected chi connectivity index (χ1v) is 8.26. The van der Waals surface area contributed by atoms with E-state index in [0.717, 1.165) is 21.1 Å². The highest BCUT2D eigenvalue weighted by Gasteiger charge is 2.19. The number of ether oxygens (including phenoxy) is 1. The van der Waals surface area contributed by atoms with E-state index in [1.165, 1.54) is 11.3 Å². The second-order valence-electron chi connectivity index (χ2n) is 5.32. The smallest absolute Gasteiger partial charge is 0.407 e. The van der Waals surface area contributed by atoms with Crippen molar-refractivity contribution >= 4 is 29.0 Å². The van der Waals surface area contributed by atoms with E-state index in [-0.39, 0.29) is 12.1 Å². The Balaban J connectivity index is 2.15. The van der Waals surface area contributed by atoms with Crippen LogP contribution in [-0.4, -0.2) is 17.1 Å². The highest BCUT2D eigenvalue weighted by atomic mass is 35.5. The molecule has 0 unspecified atom stereocenters. The summed E-state index contributed by atoms with van der Waals surface area (Å²) in [6.45, 7) is 7.56. The summed E-state index contributed by atoms with van der Waals surface area (Å²) in [5.41, 5.74) is 1.88. The van der Waals surface area contributed by atoms with E-state index in [4.69, 9.17) is 16.3 Å². The van der Waals surface area contributed by atoms with Crippen molar-refractivity contribution in [3.63, 3.8) is 0 Å². The fraction of sp³-hybridized carbons (Fsp3) is 0.375. The van der Waals surface area contributed by atoms with E-state index in [1.807, 2.05) is 52.0 Å². The van der Waals surface area contributed by atoms with Crippen LogP contribution in [0.2, 0.25) is 5.02 Å². The van der Waals surface area contributed by atoms with Crippen LogP contribution >= 0.6 is 22.9 Å². The third-order valence-corrected chi connectivity index (χ3v) is 4.60. The molecule has 2 rings (SSSR count). The van der Waals surface area contributed by atoms with Gasteiger partial charge in [-0.05, 0) is 39.8 Å². The molecule has 0 saturated carbocycles. The topological polar surface area (TPSA) is 51.2 Å². The predicted octanol–water partition coefficient (Wildman–Crippen LogP) is 4.97. The van der Waals surface area contributed by atoms with Crippen LogP contribution in [-0.2, 0) is 4.74 Å². The van der Waals surface area contributed by atoms with Gasteiger partial charge in [-0.3, -0.25) is 0 Å². The van der Waals surface area contributed by atoms with E-state index >= 15 is 0 Å². The van der Waals surface area contributed by atoms with Gasteiger partial charge in [0.1, 0.15) is 11.1 Å². The lowest BCUT2D eigenvalue weighted by Crippen LogP contribution is -2.31. The molecular formula is C16H19ClN2O2S. The molecule has 1 aromatic heterocycles. The zero-order valence-electron chi connectivity index (χ0n) is 13.0. The Morgan fingerprint density at radius 3 is 2.50 bits per heavy atom. The second kappa shape index (κ2) is 7.11. The summed E-state index contributed by atoms with van der Waals surface area (Å²) in [5.74, 6) is 0. The van der Waals surface area contributed by atoms with E-state index in [0.29, 0.717) is 5.02 Å². The Kier molecular flexibility index (Phi) is 5.42. The first-order valence-electron chi connectivity index (χ1n) is 7.07. The van der Waals surface area contributed by atoms with Crippen LogP contribution in [0.4, 0.5) is 4.79 Å². The van der Waals surface area contributed by atoms with Crippen LogP contribution < -0.4 is 5.32 Å². The number of rotatable bonds is 4. The minimum absolute atomic E-state index is 0.0480. The number of hydrogen-bond donors (Lipinski definition) is 1. The van der Waals surface area contributed by atoms with Crippen LogP contribution in [0.3, 0.4) is 0 Å². The zero-order valence-corrected chi connectivity index (χ0v) is 14.6. The van der Waals surface area contributed by atoms with Crippen LogP contribution in [0.15, 0.2) is 24.3 Å². The molecule has 0 saturated heterocycles. The molecule has 1 heterocycles. The van der Waals surface area contributed by atoms with Crippen molar-refractivity contribution < 1.29 is 9.53 Å². The maximum atomic E-state index is 11.7. The number of hydrogen-bond acceptors (Lipinski definition) is 4. The summed E-state index contributed by atoms with van der Waals surface area (Å²) in [6.07, 6.45) is -0.749. The van der Waals surface area contributed by atoms with E-state index < -0.39 is 6.09 Å². The number of thiazole rings is 1. The minimum Gasteiger partial charge on any atom is -0.441 e. The maximum Gasteiger partial charge on any atom is 0.407 e. The molecule has 118 valence electrons. The van der Waals surface area contributed by atoms with E-state index in [2.05, 4.69) is 10.3 Å². The molecule has 0 radical (unpaired) electrons. The third-order valence-electron chi connectivity index (χ3n) is 2.98. The van der Waals surface area contributed by atoms with Crippen molar-refractivity contribution in [3.8, 4) is 10.6 Å². The fourth-order valence-electron chi connectivity index (χ4n) is 1.99. The van der Waals surface area contributed by atoms with Crippen molar-refractivity contribution in [2.24, 2.45) is 0 Å². The summed E-state index contributed by atoms with van der Waals surface area (Å²) in [5, 5.41) is 4.30. The number of amides is 1. The van der Waals surface area contributed by atoms with Crippen molar-refractivity contribution in [2.45, 2.75) is 39.8 Å². The lowest BCUT2D eigenvalue weighted by Gasteiger charge is -2.14. The van der Waals surface area contributed by atoms with Gasteiger partial charge in [-0.15, -0.1) is 11.3 Å². The van der Waals surface area contributed by atoms with Gasteiger partial charge in [0.2, 0.25) is 0 Å². The molecule has 1 atom stereocenters. The first kappa shape index (κ1) is 16.8. The van der Waals surface area contributed by atoms with Gasteiger partial charge in [0.05, 0.1) is 10.6 Å². The molecule has 0 aliphatic heterocycles. The quantitative estimate of drug-likeness (QED) is 0.856. The highest BCUT2D eigenvalue weighted by Crippen LogP contribution is 2.33. The molecule has 0 fully saturated rings. The van der Waals surface area contributed by atoms with Gasteiger partial charge in [0.25, 0.3) is 0 Å². The number of nitrogens with zero attached hydrogens (tertiary/aromatic N) is 1. The number of aromatic nitrogens is 1. The summed E-state index contributed by atoms with van der Waals surface area (Å²) < 4.78 is 5.40. The monoisotopic (exact) mass is 338 g/mol. The molecule has 6 heteroatoms. The van der Waals surface area contributed by atoms with Gasteiger partial charge in [0, 0.05) is 16.6 Å². The number of benzene rings is 1. The number of alkyl carbamates (subject to hydrolysis) is 1. The summed E-state index contributed by atoms with van der Waals surface area (Å²) in [6, 6.07) is 7.59. The van der Waals surface area contributed by atoms with Crippen LogP contribution in [0, 0.1) is 6.92 Å². The Hall–Kier alpha value is -1.59. The molecule has 0 bridgehead atoms. The molecule has 22 heavy (non-hydrogen) atoms. The first-order chi connectivity index (χ1) is 10.4. The van der Waals surface area contributed by atoms with Crippen LogP contribution in [0.25, 0.3) is 10.6 Å². The van der Waals surface area contributed by atoms with Crippen molar-refractivity contribution in [3.05, 3.63) is 39.9 Å². The standard InChI is InChI=1S/C16H19ClN2O2S/c1-9(2)18-16(20)21-11(4)14-10(3)19-15(22-14)12-5-7-13(17)8-6-12/h5-9,11H,1-4H3,(H,18,20)/t11-/m1/s1. The van der Waals surface area contributed by atoms with Crippen molar-refractivity contribution in [2.75, 3.05) is 0 Å². The summed E-state index contributed by atoms with van der Waals surface area (Å²) >= 11 is 7.43. The van der Waals surface area contributed by atoms with Gasteiger partial charge in [0.15, 0.2) is 0 Å². The molecule has 4 nitrogen and oxygen atoms in total. The normalized spacial score (nSPS) is 12.3. The molecule has 0 spiro atoms. The SMILES string of the molecule is Cc1nc(-c2ccc(Cl)cc2)sc1[C@@H](C)OC(=O)NC(C)C. The Labute approximate surface area is 139 Å². The lowest BCUT2D eigenvalue weighted by atomic mass is 10.2. The van der Waals surface area contributed by atoms with Crippen LogP contribution in [0.1, 0.15) is 37.4 Å². The Bertz CT molecular complexity index is 653. The predicted molar refractivity (Wildman–Crippen MR) is 90.5 cm³/mol. The van der Waals surface area contributed by atoms with Gasteiger partial charge in [-0.25, -0.2) is 9.78 Å². The molecule has 0 aliphatic carbocycles. The molecule has 1 N–H and O–H groups in total. The highest BCUT2D eigenvalue weighted by molar-refractivity contribution is 7.15.